The van der Waals surface area contributed by atoms with E-state index in [1.165, 1.54) is 7.11 Å². The maximum Gasteiger partial charge on any atom is 0.373 e. The van der Waals surface area contributed by atoms with Gasteiger partial charge < -0.3 is 19.6 Å². The van der Waals surface area contributed by atoms with Gasteiger partial charge in [-0.15, -0.1) is 0 Å². The van der Waals surface area contributed by atoms with E-state index >= 15 is 0 Å². The van der Waals surface area contributed by atoms with Crippen LogP contribution in [-0.2, 0) is 11.3 Å². The van der Waals surface area contributed by atoms with Gasteiger partial charge in [-0.25, -0.2) is 4.79 Å². The van der Waals surface area contributed by atoms with Crippen molar-refractivity contribution in [2.45, 2.75) is 19.4 Å². The van der Waals surface area contributed by atoms with Crippen LogP contribution in [0, 0.1) is 5.41 Å². The van der Waals surface area contributed by atoms with Gasteiger partial charge in [-0.1, -0.05) is 0 Å². The molecule has 0 atom stereocenters. The summed E-state index contributed by atoms with van der Waals surface area (Å²) in [4.78, 5) is 11.1. The van der Waals surface area contributed by atoms with Crippen molar-refractivity contribution in [1.29, 1.82) is 0 Å². The molecule has 1 aliphatic rings. The summed E-state index contributed by atoms with van der Waals surface area (Å²) >= 11 is 0. The topological polar surface area (TPSA) is 71.7 Å². The van der Waals surface area contributed by atoms with Crippen molar-refractivity contribution in [3.8, 4) is 0 Å². The standard InChI is InChI=1S/C12H17NO4/c1-16-11(15)10-3-2-9(17-10)6-13-7-12(8-14)4-5-12/h2-3,13-14H,4-8H2,1H3. The lowest BCUT2D eigenvalue weighted by Gasteiger charge is -2.11. The maximum atomic E-state index is 11.1. The Bertz CT molecular complexity index is 395. The summed E-state index contributed by atoms with van der Waals surface area (Å²) in [5.41, 5.74) is 0.0811. The first kappa shape index (κ1) is 12.1. The summed E-state index contributed by atoms with van der Waals surface area (Å²) in [6.45, 7) is 1.56. The second-order valence-corrected chi connectivity index (χ2v) is 4.52. The molecule has 2 rings (SSSR count). The van der Waals surface area contributed by atoms with Crippen LogP contribution in [0.5, 0.6) is 0 Å². The Hall–Kier alpha value is -1.33. The first-order valence-electron chi connectivity index (χ1n) is 5.68. The van der Waals surface area contributed by atoms with Gasteiger partial charge in [-0.3, -0.25) is 0 Å². The molecule has 0 bridgehead atoms. The molecule has 1 saturated carbocycles. The van der Waals surface area contributed by atoms with E-state index in [1.54, 1.807) is 12.1 Å². The monoisotopic (exact) mass is 239 g/mol. The van der Waals surface area contributed by atoms with E-state index in [2.05, 4.69) is 10.1 Å². The lowest BCUT2D eigenvalue weighted by atomic mass is 10.1. The number of hydrogen-bond acceptors (Lipinski definition) is 5. The molecule has 0 aromatic carbocycles. The Balaban J connectivity index is 1.79. The molecule has 2 N–H and O–H groups in total. The number of aliphatic hydroxyl groups is 1. The van der Waals surface area contributed by atoms with Crippen LogP contribution >= 0.6 is 0 Å². The van der Waals surface area contributed by atoms with Gasteiger partial charge in [0, 0.05) is 18.6 Å². The van der Waals surface area contributed by atoms with Crippen LogP contribution in [0.25, 0.3) is 0 Å². The van der Waals surface area contributed by atoms with Gasteiger partial charge in [0.2, 0.25) is 5.76 Å². The molecule has 1 heterocycles. The molecule has 0 spiro atoms. The first-order chi connectivity index (χ1) is 8.19. The van der Waals surface area contributed by atoms with Crippen LogP contribution in [0.15, 0.2) is 16.5 Å². The Kier molecular flexibility index (Phi) is 3.49. The minimum atomic E-state index is -0.467. The Morgan fingerprint density at radius 1 is 1.59 bits per heavy atom. The molecular formula is C12H17NO4. The number of ether oxygens (including phenoxy) is 1. The number of aliphatic hydroxyl groups excluding tert-OH is 1. The normalized spacial score (nSPS) is 16.8. The van der Waals surface area contributed by atoms with Crippen LogP contribution < -0.4 is 5.32 Å². The number of methoxy groups -OCH3 is 1. The van der Waals surface area contributed by atoms with E-state index < -0.39 is 5.97 Å². The lowest BCUT2D eigenvalue weighted by Crippen LogP contribution is -2.25. The fourth-order valence-electron chi connectivity index (χ4n) is 1.70. The molecule has 94 valence electrons. The van der Waals surface area contributed by atoms with Gasteiger partial charge >= 0.3 is 5.97 Å². The zero-order valence-electron chi connectivity index (χ0n) is 9.86. The summed E-state index contributed by atoms with van der Waals surface area (Å²) in [7, 11) is 1.32. The highest BCUT2D eigenvalue weighted by Gasteiger charge is 2.41. The van der Waals surface area contributed by atoms with Crippen molar-refractivity contribution in [2.24, 2.45) is 5.41 Å². The molecule has 1 aromatic rings. The molecule has 1 fully saturated rings. The number of rotatable bonds is 6. The predicted molar refractivity (Wildman–Crippen MR) is 60.5 cm³/mol. The molecule has 1 aliphatic carbocycles. The zero-order valence-corrected chi connectivity index (χ0v) is 9.86. The molecule has 17 heavy (non-hydrogen) atoms. The molecule has 0 radical (unpaired) electrons. The van der Waals surface area contributed by atoms with Crippen molar-refractivity contribution < 1.29 is 19.1 Å². The number of furan rings is 1. The second kappa shape index (κ2) is 4.89. The smallest absolute Gasteiger partial charge is 0.373 e. The van der Waals surface area contributed by atoms with E-state index in [-0.39, 0.29) is 17.8 Å². The van der Waals surface area contributed by atoms with Crippen LogP contribution in [0.1, 0.15) is 29.2 Å². The summed E-state index contributed by atoms with van der Waals surface area (Å²) in [5, 5.41) is 12.4. The van der Waals surface area contributed by atoms with Crippen LogP contribution in [-0.4, -0.2) is 31.3 Å². The summed E-state index contributed by atoms with van der Waals surface area (Å²) in [6.07, 6.45) is 2.14. The molecule has 0 amide bonds. The van der Waals surface area contributed by atoms with Gasteiger partial charge in [0.05, 0.1) is 13.7 Å². The van der Waals surface area contributed by atoms with Crippen molar-refractivity contribution in [2.75, 3.05) is 20.3 Å². The second-order valence-electron chi connectivity index (χ2n) is 4.52. The number of nitrogens with one attached hydrogen (secondary N) is 1. The predicted octanol–water partition coefficient (Wildman–Crippen LogP) is 0.928. The van der Waals surface area contributed by atoms with Gasteiger partial charge in [0.1, 0.15) is 5.76 Å². The third-order valence-corrected chi connectivity index (χ3v) is 3.14. The van der Waals surface area contributed by atoms with E-state index in [9.17, 15) is 4.79 Å². The summed E-state index contributed by atoms with van der Waals surface area (Å²) in [5.74, 6) is 0.442. The van der Waals surface area contributed by atoms with Gasteiger partial charge in [-0.05, 0) is 25.0 Å². The fraction of sp³-hybridized carbons (Fsp3) is 0.583. The highest BCUT2D eigenvalue weighted by molar-refractivity contribution is 5.86. The minimum absolute atomic E-state index is 0.0811. The number of carbonyl (C=O) groups is 1. The third-order valence-electron chi connectivity index (χ3n) is 3.14. The van der Waals surface area contributed by atoms with Crippen LogP contribution in [0.2, 0.25) is 0 Å². The maximum absolute atomic E-state index is 11.1. The molecule has 0 saturated heterocycles. The van der Waals surface area contributed by atoms with E-state index in [0.717, 1.165) is 19.4 Å². The zero-order chi connectivity index (χ0) is 12.3. The SMILES string of the molecule is COC(=O)c1ccc(CNCC2(CO)CC2)o1. The third kappa shape index (κ3) is 2.87. The van der Waals surface area contributed by atoms with Gasteiger partial charge in [0.25, 0.3) is 0 Å². The van der Waals surface area contributed by atoms with Crippen molar-refractivity contribution in [3.05, 3.63) is 23.7 Å². The van der Waals surface area contributed by atoms with Gasteiger partial charge in [0.15, 0.2) is 0 Å². The number of hydrogen-bond donors (Lipinski definition) is 2. The average molecular weight is 239 g/mol. The lowest BCUT2D eigenvalue weighted by molar-refractivity contribution is 0.0563. The van der Waals surface area contributed by atoms with E-state index in [4.69, 9.17) is 9.52 Å². The van der Waals surface area contributed by atoms with Crippen molar-refractivity contribution in [3.63, 3.8) is 0 Å². The molecular weight excluding hydrogens is 222 g/mol. The molecule has 0 aliphatic heterocycles. The molecule has 5 heteroatoms. The largest absolute Gasteiger partial charge is 0.463 e. The van der Waals surface area contributed by atoms with E-state index in [1.807, 2.05) is 0 Å². The Labute approximate surface area is 99.8 Å². The Morgan fingerprint density at radius 2 is 2.35 bits per heavy atom. The van der Waals surface area contributed by atoms with Crippen molar-refractivity contribution >= 4 is 5.97 Å². The van der Waals surface area contributed by atoms with Crippen LogP contribution in [0.3, 0.4) is 0 Å². The summed E-state index contributed by atoms with van der Waals surface area (Å²) in [6, 6.07) is 3.35. The van der Waals surface area contributed by atoms with Crippen molar-refractivity contribution in [1.82, 2.24) is 5.32 Å². The highest BCUT2D eigenvalue weighted by atomic mass is 16.5. The Morgan fingerprint density at radius 3 is 2.94 bits per heavy atom. The first-order valence-corrected chi connectivity index (χ1v) is 5.68. The number of esters is 1. The average Bonchev–Trinajstić information content (AvgIpc) is 2.98. The highest BCUT2D eigenvalue weighted by Crippen LogP contribution is 2.44. The van der Waals surface area contributed by atoms with E-state index in [0.29, 0.717) is 12.3 Å². The van der Waals surface area contributed by atoms with Gasteiger partial charge in [-0.2, -0.15) is 0 Å². The molecule has 1 aromatic heterocycles. The van der Waals surface area contributed by atoms with Crippen LogP contribution in [0.4, 0.5) is 0 Å². The summed E-state index contributed by atoms with van der Waals surface area (Å²) < 4.78 is 9.86. The fourth-order valence-corrected chi connectivity index (χ4v) is 1.70. The quantitative estimate of drug-likeness (QED) is 0.722. The molecule has 5 nitrogen and oxygen atoms in total. The number of carbonyl (C=O) groups excluding carboxylic acids is 1. The molecule has 0 unspecified atom stereocenters. The minimum Gasteiger partial charge on any atom is -0.463 e.